The zero-order valence-electron chi connectivity index (χ0n) is 13.2. The van der Waals surface area contributed by atoms with E-state index in [0.29, 0.717) is 12.6 Å². The molecule has 0 aliphatic carbocycles. The van der Waals surface area contributed by atoms with Crippen LogP contribution in [0.5, 0.6) is 0 Å². The number of hydrogen-bond acceptors (Lipinski definition) is 3. The Labute approximate surface area is 126 Å². The molecule has 2 N–H and O–H groups in total. The summed E-state index contributed by atoms with van der Waals surface area (Å²) in [5, 5.41) is 2.85. The molecule has 5 nitrogen and oxygen atoms in total. The van der Waals surface area contributed by atoms with Gasteiger partial charge in [-0.25, -0.2) is 4.79 Å². The minimum absolute atomic E-state index is 0.294. The first-order valence-corrected chi connectivity index (χ1v) is 7.55. The number of carbonyl (C=O) groups excluding carboxylic acids is 1. The summed E-state index contributed by atoms with van der Waals surface area (Å²) in [5.41, 5.74) is 2.46. The molecule has 1 aromatic rings. The lowest BCUT2D eigenvalue weighted by atomic mass is 10.0. The first-order valence-electron chi connectivity index (χ1n) is 7.55. The number of rotatable bonds is 5. The average molecular weight is 292 g/mol. The molecule has 0 unspecified atom stereocenters. The van der Waals surface area contributed by atoms with Crippen LogP contribution in [-0.2, 0) is 4.74 Å². The van der Waals surface area contributed by atoms with Crippen molar-refractivity contribution in [2.75, 3.05) is 45.7 Å². The average Bonchev–Trinajstić information content (AvgIpc) is 3.01. The Morgan fingerprint density at radius 1 is 1.29 bits per heavy atom. The molecule has 1 heterocycles. The highest BCUT2D eigenvalue weighted by molar-refractivity contribution is 5.66. The van der Waals surface area contributed by atoms with Gasteiger partial charge in [0.1, 0.15) is 6.04 Å². The van der Waals surface area contributed by atoms with Crippen molar-refractivity contribution in [1.29, 1.82) is 0 Å². The first kappa shape index (κ1) is 15.6. The molecule has 1 saturated heterocycles. The van der Waals surface area contributed by atoms with E-state index in [9.17, 15) is 4.79 Å². The Bertz CT molecular complexity index is 453. The maximum absolute atomic E-state index is 11.4. The molecule has 1 aliphatic heterocycles. The van der Waals surface area contributed by atoms with Crippen molar-refractivity contribution >= 4 is 11.8 Å². The molecule has 5 heteroatoms. The van der Waals surface area contributed by atoms with Crippen molar-refractivity contribution in [3.05, 3.63) is 29.8 Å². The Hall–Kier alpha value is -1.75. The van der Waals surface area contributed by atoms with E-state index in [1.165, 1.54) is 44.3 Å². The predicted molar refractivity (Wildman–Crippen MR) is 83.8 cm³/mol. The van der Waals surface area contributed by atoms with Gasteiger partial charge in [0.25, 0.3) is 0 Å². The SMILES string of the molecule is COC(=O)NC[C@H](c1ccc(N(C)C)cc1)[NH+]1CCCC1. The Morgan fingerprint density at radius 3 is 2.43 bits per heavy atom. The molecular formula is C16H26N3O2+. The number of likely N-dealkylation sites (tertiary alicyclic amines) is 1. The summed E-state index contributed by atoms with van der Waals surface area (Å²) in [6.45, 7) is 2.95. The normalized spacial score (nSPS) is 16.5. The molecule has 0 radical (unpaired) electrons. The number of ether oxygens (including phenoxy) is 1. The van der Waals surface area contributed by atoms with E-state index in [0.717, 1.165) is 0 Å². The molecule has 116 valence electrons. The summed E-state index contributed by atoms with van der Waals surface area (Å²) in [6.07, 6.45) is 2.17. The van der Waals surface area contributed by atoms with Gasteiger partial charge in [-0.05, 0) is 12.1 Å². The Kier molecular flexibility index (Phi) is 5.44. The molecule has 0 aromatic heterocycles. The number of benzene rings is 1. The van der Waals surface area contributed by atoms with Crippen LogP contribution in [0.2, 0.25) is 0 Å². The summed E-state index contributed by atoms with van der Waals surface area (Å²) in [5.74, 6) is 0. The van der Waals surface area contributed by atoms with Gasteiger partial charge in [0.15, 0.2) is 0 Å². The van der Waals surface area contributed by atoms with Gasteiger partial charge in [-0.1, -0.05) is 12.1 Å². The van der Waals surface area contributed by atoms with Crippen LogP contribution in [0.1, 0.15) is 24.4 Å². The van der Waals surface area contributed by atoms with E-state index in [2.05, 4.69) is 39.2 Å². The zero-order valence-corrected chi connectivity index (χ0v) is 13.2. The predicted octanol–water partition coefficient (Wildman–Crippen LogP) is 0.828. The van der Waals surface area contributed by atoms with Gasteiger partial charge in [-0.3, -0.25) is 0 Å². The standard InChI is InChI=1S/C16H25N3O2/c1-18(2)14-8-6-13(7-9-14)15(12-17-16(20)21-3)19-10-4-5-11-19/h6-9,15H,4-5,10-12H2,1-3H3,(H,17,20)/p+1/t15-/m1/s1. The first-order chi connectivity index (χ1) is 10.1. The third-order valence-corrected chi connectivity index (χ3v) is 4.19. The third-order valence-electron chi connectivity index (χ3n) is 4.19. The lowest BCUT2D eigenvalue weighted by Crippen LogP contribution is -3.11. The fourth-order valence-electron chi connectivity index (χ4n) is 2.94. The maximum Gasteiger partial charge on any atom is 0.407 e. The fourth-order valence-corrected chi connectivity index (χ4v) is 2.94. The smallest absolute Gasteiger partial charge is 0.407 e. The Balaban J connectivity index is 2.11. The van der Waals surface area contributed by atoms with Gasteiger partial charge in [0, 0.05) is 38.2 Å². The van der Waals surface area contributed by atoms with Gasteiger partial charge in [-0.2, -0.15) is 0 Å². The molecule has 0 bridgehead atoms. The van der Waals surface area contributed by atoms with E-state index in [-0.39, 0.29) is 6.09 Å². The second-order valence-corrected chi connectivity index (χ2v) is 5.78. The van der Waals surface area contributed by atoms with E-state index >= 15 is 0 Å². The molecule has 1 atom stereocenters. The van der Waals surface area contributed by atoms with Gasteiger partial charge in [0.05, 0.1) is 26.7 Å². The summed E-state index contributed by atoms with van der Waals surface area (Å²) < 4.78 is 4.68. The molecule has 0 saturated carbocycles. The summed E-state index contributed by atoms with van der Waals surface area (Å²) >= 11 is 0. The lowest BCUT2D eigenvalue weighted by molar-refractivity contribution is -0.918. The maximum atomic E-state index is 11.4. The largest absolute Gasteiger partial charge is 0.453 e. The van der Waals surface area contributed by atoms with Gasteiger partial charge in [0.2, 0.25) is 0 Å². The topological polar surface area (TPSA) is 46.0 Å². The number of nitrogens with one attached hydrogen (secondary N) is 2. The number of amides is 1. The number of methoxy groups -OCH3 is 1. The van der Waals surface area contributed by atoms with Crippen molar-refractivity contribution in [3.63, 3.8) is 0 Å². The van der Waals surface area contributed by atoms with Crippen LogP contribution < -0.4 is 15.1 Å². The molecule has 21 heavy (non-hydrogen) atoms. The van der Waals surface area contributed by atoms with E-state index in [1.54, 1.807) is 4.90 Å². The van der Waals surface area contributed by atoms with Gasteiger partial charge >= 0.3 is 6.09 Å². The number of carbonyl (C=O) groups is 1. The molecule has 1 amide bonds. The monoisotopic (exact) mass is 292 g/mol. The van der Waals surface area contributed by atoms with Crippen molar-refractivity contribution in [1.82, 2.24) is 5.32 Å². The van der Waals surface area contributed by atoms with Crippen LogP contribution >= 0.6 is 0 Å². The van der Waals surface area contributed by atoms with E-state index in [4.69, 9.17) is 0 Å². The number of anilines is 1. The summed E-state index contributed by atoms with van der Waals surface area (Å²) in [6, 6.07) is 8.91. The molecule has 2 rings (SSSR count). The number of hydrogen-bond donors (Lipinski definition) is 2. The molecule has 0 spiro atoms. The second-order valence-electron chi connectivity index (χ2n) is 5.78. The highest BCUT2D eigenvalue weighted by Gasteiger charge is 2.27. The molecule has 1 fully saturated rings. The number of nitrogens with zero attached hydrogens (tertiary/aromatic N) is 1. The highest BCUT2D eigenvalue weighted by atomic mass is 16.5. The van der Waals surface area contributed by atoms with Crippen molar-refractivity contribution in [2.45, 2.75) is 18.9 Å². The van der Waals surface area contributed by atoms with Crippen LogP contribution in [0.15, 0.2) is 24.3 Å². The summed E-state index contributed by atoms with van der Waals surface area (Å²) in [7, 11) is 5.48. The van der Waals surface area contributed by atoms with Crippen LogP contribution in [0.4, 0.5) is 10.5 Å². The fraction of sp³-hybridized carbons (Fsp3) is 0.562. The van der Waals surface area contributed by atoms with Crippen molar-refractivity contribution < 1.29 is 14.4 Å². The second kappa shape index (κ2) is 7.31. The van der Waals surface area contributed by atoms with Crippen LogP contribution in [0.25, 0.3) is 0 Å². The highest BCUT2D eigenvalue weighted by Crippen LogP contribution is 2.17. The van der Waals surface area contributed by atoms with Crippen LogP contribution in [0.3, 0.4) is 0 Å². The minimum atomic E-state index is -0.358. The Morgan fingerprint density at radius 2 is 1.90 bits per heavy atom. The van der Waals surface area contributed by atoms with E-state index < -0.39 is 0 Å². The lowest BCUT2D eigenvalue weighted by Gasteiger charge is -2.25. The zero-order chi connectivity index (χ0) is 15.2. The van der Waals surface area contributed by atoms with Crippen molar-refractivity contribution in [2.24, 2.45) is 0 Å². The molecular weight excluding hydrogens is 266 g/mol. The van der Waals surface area contributed by atoms with Crippen LogP contribution in [-0.4, -0.2) is 46.9 Å². The third kappa shape index (κ3) is 4.11. The van der Waals surface area contributed by atoms with Crippen molar-refractivity contribution in [3.8, 4) is 0 Å². The number of quaternary nitrogens is 1. The summed E-state index contributed by atoms with van der Waals surface area (Å²) in [4.78, 5) is 15.0. The van der Waals surface area contributed by atoms with Gasteiger partial charge < -0.3 is 19.9 Å². The molecule has 1 aromatic carbocycles. The number of alkyl carbamates (subject to hydrolysis) is 1. The quantitative estimate of drug-likeness (QED) is 0.845. The van der Waals surface area contributed by atoms with Crippen LogP contribution in [0, 0.1) is 0 Å². The van der Waals surface area contributed by atoms with Gasteiger partial charge in [-0.15, -0.1) is 0 Å². The molecule has 1 aliphatic rings. The minimum Gasteiger partial charge on any atom is -0.453 e. The van der Waals surface area contributed by atoms with E-state index in [1.807, 2.05) is 14.1 Å².